The molecule has 160 valence electrons. The van der Waals surface area contributed by atoms with Gasteiger partial charge in [-0.3, -0.25) is 9.59 Å². The van der Waals surface area contributed by atoms with Gasteiger partial charge < -0.3 is 9.84 Å². The topological polar surface area (TPSA) is 63.6 Å². The molecule has 0 radical (unpaired) electrons. The van der Waals surface area contributed by atoms with Crippen LogP contribution in [0.15, 0.2) is 0 Å². The van der Waals surface area contributed by atoms with Gasteiger partial charge in [0.05, 0.1) is 11.9 Å². The number of aliphatic hydroxyl groups is 1. The van der Waals surface area contributed by atoms with Crippen molar-refractivity contribution in [2.75, 3.05) is 12.0 Å². The minimum Gasteiger partial charge on any atom is -0.462 e. The fourth-order valence-corrected chi connectivity index (χ4v) is 7.26. The molecular formula is C23H38O4S. The summed E-state index contributed by atoms with van der Waals surface area (Å²) in [5.41, 5.74) is -0.284. The van der Waals surface area contributed by atoms with Gasteiger partial charge in [-0.15, -0.1) is 0 Å². The number of esters is 1. The zero-order valence-electron chi connectivity index (χ0n) is 18.4. The van der Waals surface area contributed by atoms with E-state index in [0.717, 1.165) is 25.7 Å². The van der Waals surface area contributed by atoms with E-state index in [1.54, 1.807) is 0 Å². The zero-order chi connectivity index (χ0) is 20.9. The standard InChI is InChI=1S/C23H38O4S/c1-7-16(27-19(25)12-28-6)11-21(4,5)20(26)15(3)22-9-8-18(24)23(13-22)14(2)10-17(22)23/h14-17,20,26H,7-13H2,1-6H3/t14?,15-,16-,17-,20?,22+,23+/m0/s1. The minimum atomic E-state index is -0.470. The normalized spacial score (nSPS) is 37.2. The third kappa shape index (κ3) is 3.15. The molecule has 2 bridgehead atoms. The predicted octanol–water partition coefficient (Wildman–Crippen LogP) is 4.48. The lowest BCUT2D eigenvalue weighted by Crippen LogP contribution is -2.75. The number of thioether (sulfide) groups is 1. The number of hydrogen-bond acceptors (Lipinski definition) is 5. The van der Waals surface area contributed by atoms with Gasteiger partial charge in [-0.05, 0) is 66.9 Å². The third-order valence-electron chi connectivity index (χ3n) is 8.69. The van der Waals surface area contributed by atoms with Crippen LogP contribution < -0.4 is 0 Å². The highest BCUT2D eigenvalue weighted by atomic mass is 32.2. The van der Waals surface area contributed by atoms with Crippen LogP contribution in [0.25, 0.3) is 0 Å². The molecule has 3 aliphatic carbocycles. The first kappa shape index (κ1) is 22.1. The summed E-state index contributed by atoms with van der Waals surface area (Å²) in [6.45, 7) is 10.6. The molecule has 7 atom stereocenters. The van der Waals surface area contributed by atoms with E-state index < -0.39 is 6.10 Å². The molecule has 3 aliphatic rings. The number of fused-ring (bicyclic) bond motifs is 2. The molecule has 0 aromatic rings. The predicted molar refractivity (Wildman–Crippen MR) is 113 cm³/mol. The van der Waals surface area contributed by atoms with Crippen LogP contribution in [0.4, 0.5) is 0 Å². The first-order chi connectivity index (χ1) is 13.0. The maximum absolute atomic E-state index is 12.6. The molecule has 2 unspecified atom stereocenters. The highest BCUT2D eigenvalue weighted by Gasteiger charge is 2.77. The average molecular weight is 411 g/mol. The molecule has 0 aromatic carbocycles. The summed E-state index contributed by atoms with van der Waals surface area (Å²) in [5, 5.41) is 11.4. The Morgan fingerprint density at radius 1 is 1.43 bits per heavy atom. The quantitative estimate of drug-likeness (QED) is 0.568. The first-order valence-corrected chi connectivity index (χ1v) is 12.3. The molecule has 3 saturated carbocycles. The van der Waals surface area contributed by atoms with E-state index in [0.29, 0.717) is 36.2 Å². The monoisotopic (exact) mass is 410 g/mol. The van der Waals surface area contributed by atoms with Crippen molar-refractivity contribution in [2.24, 2.45) is 34.0 Å². The number of rotatable bonds is 9. The van der Waals surface area contributed by atoms with Crippen LogP contribution in [0.2, 0.25) is 0 Å². The van der Waals surface area contributed by atoms with Crippen molar-refractivity contribution in [2.45, 2.75) is 85.4 Å². The molecule has 1 spiro atoms. The fraction of sp³-hybridized carbons (Fsp3) is 0.913. The Hall–Kier alpha value is -0.550. The first-order valence-electron chi connectivity index (χ1n) is 10.9. The molecule has 1 N–H and O–H groups in total. The molecule has 0 aliphatic heterocycles. The lowest BCUT2D eigenvalue weighted by Gasteiger charge is -2.77. The van der Waals surface area contributed by atoms with Crippen molar-refractivity contribution < 1.29 is 19.4 Å². The molecular weight excluding hydrogens is 372 g/mol. The highest BCUT2D eigenvalue weighted by molar-refractivity contribution is 7.99. The second-order valence-corrected chi connectivity index (χ2v) is 11.3. The average Bonchev–Trinajstić information content (AvgIpc) is 2.64. The van der Waals surface area contributed by atoms with Crippen molar-refractivity contribution in [3.05, 3.63) is 0 Å². The SMILES string of the molecule is CC[C@@H](CC(C)(C)C(O)[C@H](C)[C@@]12CCC(=O)[C@]3(C1)C(C)C[C@@H]23)OC(=O)CSC. The number of ether oxygens (including phenoxy) is 1. The molecule has 0 heterocycles. The number of carbonyl (C=O) groups is 2. The lowest BCUT2D eigenvalue weighted by molar-refractivity contribution is -0.283. The largest absolute Gasteiger partial charge is 0.462 e. The Morgan fingerprint density at radius 2 is 2.11 bits per heavy atom. The van der Waals surface area contributed by atoms with Crippen LogP contribution in [0.3, 0.4) is 0 Å². The van der Waals surface area contributed by atoms with E-state index in [1.807, 2.05) is 13.2 Å². The van der Waals surface area contributed by atoms with Crippen molar-refractivity contribution in [1.29, 1.82) is 0 Å². The van der Waals surface area contributed by atoms with Crippen LogP contribution in [-0.2, 0) is 14.3 Å². The number of aliphatic hydroxyl groups excluding tert-OH is 1. The van der Waals surface area contributed by atoms with Gasteiger partial charge in [0.15, 0.2) is 0 Å². The molecule has 0 aromatic heterocycles. The molecule has 3 fully saturated rings. The summed E-state index contributed by atoms with van der Waals surface area (Å²) in [6.07, 6.45) is 6.40. The highest BCUT2D eigenvalue weighted by Crippen LogP contribution is 2.80. The molecule has 5 heteroatoms. The molecule has 4 nitrogen and oxygen atoms in total. The van der Waals surface area contributed by atoms with E-state index >= 15 is 0 Å². The maximum atomic E-state index is 12.6. The van der Waals surface area contributed by atoms with Crippen LogP contribution in [0.5, 0.6) is 0 Å². The third-order valence-corrected chi connectivity index (χ3v) is 9.22. The summed E-state index contributed by atoms with van der Waals surface area (Å²) < 4.78 is 5.65. The summed E-state index contributed by atoms with van der Waals surface area (Å²) in [7, 11) is 0. The van der Waals surface area contributed by atoms with Gasteiger partial charge in [-0.1, -0.05) is 34.6 Å². The molecule has 3 rings (SSSR count). The number of carbonyl (C=O) groups excluding carboxylic acids is 2. The summed E-state index contributed by atoms with van der Waals surface area (Å²) >= 11 is 1.47. The van der Waals surface area contributed by atoms with Gasteiger partial charge in [0.1, 0.15) is 11.9 Å². The van der Waals surface area contributed by atoms with Gasteiger partial charge in [0.25, 0.3) is 0 Å². The Labute approximate surface area is 174 Å². The van der Waals surface area contributed by atoms with Crippen molar-refractivity contribution >= 4 is 23.5 Å². The Balaban J connectivity index is 1.68. The van der Waals surface area contributed by atoms with E-state index in [-0.39, 0.29) is 34.2 Å². The fourth-order valence-electron chi connectivity index (χ4n) is 6.96. The number of hydrogen-bond donors (Lipinski definition) is 1. The van der Waals surface area contributed by atoms with E-state index in [4.69, 9.17) is 4.74 Å². The van der Waals surface area contributed by atoms with Crippen molar-refractivity contribution in [3.8, 4) is 0 Å². The summed E-state index contributed by atoms with van der Waals surface area (Å²) in [5.74, 6) is 1.81. The van der Waals surface area contributed by atoms with Crippen LogP contribution >= 0.6 is 11.8 Å². The molecule has 0 amide bonds. The van der Waals surface area contributed by atoms with Crippen molar-refractivity contribution in [3.63, 3.8) is 0 Å². The van der Waals surface area contributed by atoms with E-state index in [2.05, 4.69) is 27.7 Å². The lowest BCUT2D eigenvalue weighted by atomic mass is 9.26. The van der Waals surface area contributed by atoms with Crippen LogP contribution in [0.1, 0.15) is 73.1 Å². The summed E-state index contributed by atoms with van der Waals surface area (Å²) in [6, 6.07) is 0. The van der Waals surface area contributed by atoms with Crippen LogP contribution in [0, 0.1) is 34.0 Å². The van der Waals surface area contributed by atoms with Gasteiger partial charge >= 0.3 is 5.97 Å². The second-order valence-electron chi connectivity index (χ2n) is 10.4. The van der Waals surface area contributed by atoms with Gasteiger partial charge in [0.2, 0.25) is 0 Å². The van der Waals surface area contributed by atoms with E-state index in [1.165, 1.54) is 11.8 Å². The Kier molecular flexibility index (Phi) is 6.02. The second kappa shape index (κ2) is 7.61. The van der Waals surface area contributed by atoms with Crippen LogP contribution in [-0.4, -0.2) is 41.1 Å². The van der Waals surface area contributed by atoms with Gasteiger partial charge in [-0.25, -0.2) is 0 Å². The Morgan fingerprint density at radius 3 is 2.64 bits per heavy atom. The smallest absolute Gasteiger partial charge is 0.316 e. The maximum Gasteiger partial charge on any atom is 0.316 e. The molecule has 0 saturated heterocycles. The minimum absolute atomic E-state index is 0.0598. The Bertz CT molecular complexity index is 632. The summed E-state index contributed by atoms with van der Waals surface area (Å²) in [4.78, 5) is 24.5. The molecule has 28 heavy (non-hydrogen) atoms. The van der Waals surface area contributed by atoms with E-state index in [9.17, 15) is 14.7 Å². The zero-order valence-corrected chi connectivity index (χ0v) is 19.2. The number of Topliss-reactive ketones (excluding diaryl/α,β-unsaturated/α-hetero) is 1. The van der Waals surface area contributed by atoms with Crippen molar-refractivity contribution in [1.82, 2.24) is 0 Å². The van der Waals surface area contributed by atoms with Gasteiger partial charge in [0, 0.05) is 11.8 Å². The van der Waals surface area contributed by atoms with Gasteiger partial charge in [-0.2, -0.15) is 11.8 Å². The number of ketones is 1.